The lowest BCUT2D eigenvalue weighted by Gasteiger charge is -2.29. The number of para-hydroxylation sites is 1. The summed E-state index contributed by atoms with van der Waals surface area (Å²) in [4.78, 5) is 17.5. The quantitative estimate of drug-likeness (QED) is 0.876. The van der Waals surface area contributed by atoms with Gasteiger partial charge in [-0.1, -0.05) is 18.2 Å². The third-order valence-corrected chi connectivity index (χ3v) is 4.26. The molecule has 0 bridgehead atoms. The molecule has 4 nitrogen and oxygen atoms in total. The fourth-order valence-corrected chi connectivity index (χ4v) is 3.27. The Labute approximate surface area is 117 Å². The highest BCUT2D eigenvalue weighted by atomic mass is 16.2. The Morgan fingerprint density at radius 2 is 2.20 bits per heavy atom. The van der Waals surface area contributed by atoms with Gasteiger partial charge in [0.05, 0.1) is 0 Å². The Morgan fingerprint density at radius 3 is 3.15 bits per heavy atom. The lowest BCUT2D eigenvalue weighted by atomic mass is 10.1. The fraction of sp³-hybridized carbons (Fsp3) is 0.312. The summed E-state index contributed by atoms with van der Waals surface area (Å²) in [6.07, 6.45) is 7.01. The van der Waals surface area contributed by atoms with Gasteiger partial charge in [-0.25, -0.2) is 0 Å². The van der Waals surface area contributed by atoms with Crippen LogP contribution in [-0.4, -0.2) is 28.4 Å². The Morgan fingerprint density at radius 1 is 1.30 bits per heavy atom. The number of nitrogens with zero attached hydrogens (tertiary/aromatic N) is 1. The Balaban J connectivity index is 1.64. The van der Waals surface area contributed by atoms with Crippen LogP contribution >= 0.6 is 0 Å². The molecule has 2 aromatic rings. The van der Waals surface area contributed by atoms with Gasteiger partial charge in [0.25, 0.3) is 0 Å². The molecule has 20 heavy (non-hydrogen) atoms. The highest BCUT2D eigenvalue weighted by Gasteiger charge is 2.32. The second-order valence-electron chi connectivity index (χ2n) is 5.58. The van der Waals surface area contributed by atoms with E-state index in [9.17, 15) is 4.79 Å². The molecule has 2 aliphatic heterocycles. The van der Waals surface area contributed by atoms with E-state index in [2.05, 4.69) is 33.5 Å². The van der Waals surface area contributed by atoms with Crippen molar-refractivity contribution in [1.29, 1.82) is 0 Å². The molecule has 4 heteroatoms. The normalized spacial score (nSPS) is 21.8. The minimum Gasteiger partial charge on any atom is -0.364 e. The summed E-state index contributed by atoms with van der Waals surface area (Å²) in [5.41, 5.74) is 3.37. The molecule has 102 valence electrons. The molecule has 0 saturated carbocycles. The van der Waals surface area contributed by atoms with Crippen LogP contribution in [-0.2, 0) is 11.2 Å². The second-order valence-corrected chi connectivity index (χ2v) is 5.58. The predicted molar refractivity (Wildman–Crippen MR) is 78.0 cm³/mol. The molecular formula is C16H17N3O. The molecule has 0 unspecified atom stereocenters. The minimum atomic E-state index is 0.0571. The van der Waals surface area contributed by atoms with Crippen LogP contribution in [0.5, 0.6) is 0 Å². The fourth-order valence-electron chi connectivity index (χ4n) is 3.27. The van der Waals surface area contributed by atoms with Crippen molar-refractivity contribution in [2.24, 2.45) is 0 Å². The van der Waals surface area contributed by atoms with Crippen LogP contribution < -0.4 is 5.32 Å². The summed E-state index contributed by atoms with van der Waals surface area (Å²) in [6.45, 7) is 0.996. The first-order chi connectivity index (χ1) is 9.81. The van der Waals surface area contributed by atoms with E-state index in [-0.39, 0.29) is 11.9 Å². The highest BCUT2D eigenvalue weighted by molar-refractivity contribution is 5.86. The van der Waals surface area contributed by atoms with Crippen molar-refractivity contribution < 1.29 is 4.79 Å². The first kappa shape index (κ1) is 11.6. The molecule has 1 aromatic carbocycles. The van der Waals surface area contributed by atoms with E-state index in [1.807, 2.05) is 18.3 Å². The Bertz CT molecular complexity index is 701. The first-order valence-electron chi connectivity index (χ1n) is 7.13. The van der Waals surface area contributed by atoms with Crippen LogP contribution in [0.1, 0.15) is 18.4 Å². The van der Waals surface area contributed by atoms with Crippen LogP contribution in [0.2, 0.25) is 0 Å². The van der Waals surface area contributed by atoms with Gasteiger partial charge in [0.2, 0.25) is 5.91 Å². The monoisotopic (exact) mass is 267 g/mol. The Kier molecular flexibility index (Phi) is 2.55. The van der Waals surface area contributed by atoms with Gasteiger partial charge >= 0.3 is 0 Å². The molecule has 0 spiro atoms. The number of hydrogen-bond acceptors (Lipinski definition) is 2. The summed E-state index contributed by atoms with van der Waals surface area (Å²) in [6, 6.07) is 8.32. The number of hydrogen-bond donors (Lipinski definition) is 2. The summed E-state index contributed by atoms with van der Waals surface area (Å²) in [7, 11) is 0. The summed E-state index contributed by atoms with van der Waals surface area (Å²) < 4.78 is 0. The van der Waals surface area contributed by atoms with Crippen molar-refractivity contribution >= 4 is 16.8 Å². The summed E-state index contributed by atoms with van der Waals surface area (Å²) in [5, 5.41) is 4.29. The molecule has 2 aliphatic rings. The third kappa shape index (κ3) is 1.80. The first-order valence-corrected chi connectivity index (χ1v) is 7.13. The van der Waals surface area contributed by atoms with Crippen LogP contribution in [0, 0.1) is 0 Å². The highest BCUT2D eigenvalue weighted by Crippen LogP contribution is 2.25. The molecule has 4 rings (SSSR count). The Hall–Kier alpha value is -2.23. The lowest BCUT2D eigenvalue weighted by Crippen LogP contribution is -2.45. The maximum Gasteiger partial charge on any atom is 0.246 e. The van der Waals surface area contributed by atoms with E-state index in [0.29, 0.717) is 0 Å². The van der Waals surface area contributed by atoms with Crippen LogP contribution in [0.25, 0.3) is 10.9 Å². The number of fused-ring (bicyclic) bond motifs is 2. The molecule has 3 heterocycles. The molecular weight excluding hydrogens is 250 g/mol. The predicted octanol–water partition coefficient (Wildman–Crippen LogP) is 2.15. The van der Waals surface area contributed by atoms with Crippen LogP contribution in [0.15, 0.2) is 42.4 Å². The number of aromatic amines is 1. The van der Waals surface area contributed by atoms with E-state index in [0.717, 1.165) is 37.0 Å². The maximum absolute atomic E-state index is 12.1. The molecule has 1 aromatic heterocycles. The van der Waals surface area contributed by atoms with Crippen molar-refractivity contribution in [2.75, 3.05) is 6.54 Å². The maximum atomic E-state index is 12.1. The number of carbonyl (C=O) groups is 1. The van der Waals surface area contributed by atoms with Gasteiger partial charge in [0.1, 0.15) is 6.04 Å². The number of amides is 1. The average Bonchev–Trinajstić information content (AvgIpc) is 3.07. The van der Waals surface area contributed by atoms with Gasteiger partial charge < -0.3 is 15.2 Å². The summed E-state index contributed by atoms with van der Waals surface area (Å²) >= 11 is 0. The number of nitrogens with one attached hydrogen (secondary N) is 2. The van der Waals surface area contributed by atoms with Gasteiger partial charge in [-0.3, -0.25) is 4.79 Å². The van der Waals surface area contributed by atoms with Gasteiger partial charge in [-0.15, -0.1) is 0 Å². The number of H-pyrrole nitrogens is 1. The van der Waals surface area contributed by atoms with Gasteiger partial charge in [-0.2, -0.15) is 0 Å². The SMILES string of the molecule is O=C1NC(Cc2c[nH]c3ccccc23)=CN2CCC[C@@H]12. The topological polar surface area (TPSA) is 48.1 Å². The second kappa shape index (κ2) is 4.40. The lowest BCUT2D eigenvalue weighted by molar-refractivity contribution is -0.124. The minimum absolute atomic E-state index is 0.0571. The van der Waals surface area contributed by atoms with E-state index < -0.39 is 0 Å². The van der Waals surface area contributed by atoms with E-state index in [1.54, 1.807) is 0 Å². The molecule has 1 saturated heterocycles. The third-order valence-electron chi connectivity index (χ3n) is 4.26. The molecule has 0 radical (unpaired) electrons. The van der Waals surface area contributed by atoms with Gasteiger partial charge in [0, 0.05) is 42.0 Å². The van der Waals surface area contributed by atoms with Gasteiger partial charge in [-0.05, 0) is 24.5 Å². The number of benzene rings is 1. The van der Waals surface area contributed by atoms with Crippen LogP contribution in [0.4, 0.5) is 0 Å². The van der Waals surface area contributed by atoms with Crippen LogP contribution in [0.3, 0.4) is 0 Å². The molecule has 1 amide bonds. The number of allylic oxidation sites excluding steroid dienone is 1. The van der Waals surface area contributed by atoms with Crippen molar-refractivity contribution in [3.05, 3.63) is 47.9 Å². The molecule has 2 N–H and O–H groups in total. The van der Waals surface area contributed by atoms with Crippen molar-refractivity contribution in [1.82, 2.24) is 15.2 Å². The van der Waals surface area contributed by atoms with Crippen molar-refractivity contribution in [2.45, 2.75) is 25.3 Å². The largest absolute Gasteiger partial charge is 0.364 e. The zero-order chi connectivity index (χ0) is 13.5. The zero-order valence-corrected chi connectivity index (χ0v) is 11.2. The van der Waals surface area contributed by atoms with E-state index >= 15 is 0 Å². The van der Waals surface area contributed by atoms with Gasteiger partial charge in [0.15, 0.2) is 0 Å². The summed E-state index contributed by atoms with van der Waals surface area (Å²) in [5.74, 6) is 0.153. The standard InChI is InChI=1S/C16H17N3O/c20-16-15-6-3-7-19(15)10-12(18-16)8-11-9-17-14-5-2-1-4-13(11)14/h1-2,4-5,9-10,15,17H,3,6-8H2,(H,18,20)/t15-/m0/s1. The van der Waals surface area contributed by atoms with E-state index in [4.69, 9.17) is 0 Å². The number of carbonyl (C=O) groups excluding carboxylic acids is 1. The smallest absolute Gasteiger partial charge is 0.246 e. The molecule has 1 fully saturated rings. The average molecular weight is 267 g/mol. The molecule has 0 aliphatic carbocycles. The molecule has 1 atom stereocenters. The van der Waals surface area contributed by atoms with Crippen molar-refractivity contribution in [3.8, 4) is 0 Å². The number of aromatic nitrogens is 1. The van der Waals surface area contributed by atoms with E-state index in [1.165, 1.54) is 10.9 Å². The van der Waals surface area contributed by atoms with Crippen molar-refractivity contribution in [3.63, 3.8) is 0 Å². The zero-order valence-electron chi connectivity index (χ0n) is 11.2. The number of rotatable bonds is 2.